The Hall–Kier alpha value is -0.610. The number of hydrogen-bond donors (Lipinski definition) is 1. The third kappa shape index (κ3) is 2.99. The molecule has 3 unspecified atom stereocenters. The van der Waals surface area contributed by atoms with E-state index in [9.17, 15) is 4.79 Å². The van der Waals surface area contributed by atoms with Crippen LogP contribution in [0, 0.1) is 5.92 Å². The van der Waals surface area contributed by atoms with Crippen LogP contribution >= 0.6 is 0 Å². The van der Waals surface area contributed by atoms with E-state index in [0.717, 1.165) is 39.0 Å². The van der Waals surface area contributed by atoms with E-state index in [0.29, 0.717) is 18.0 Å². The number of hydrogen-bond acceptors (Lipinski definition) is 3. The highest BCUT2D eigenvalue weighted by molar-refractivity contribution is 5.79. The molecule has 2 saturated heterocycles. The fourth-order valence-electron chi connectivity index (χ4n) is 2.72. The number of likely N-dealkylation sites (N-methyl/N-ethyl adjacent to an activating group) is 1. The summed E-state index contributed by atoms with van der Waals surface area (Å²) in [6.45, 7) is 8.04. The van der Waals surface area contributed by atoms with Crippen LogP contribution in [-0.4, -0.2) is 61.0 Å². The second-order valence-electron chi connectivity index (χ2n) is 5.70. The van der Waals surface area contributed by atoms with Crippen molar-refractivity contribution in [3.8, 4) is 0 Å². The summed E-state index contributed by atoms with van der Waals surface area (Å²) in [7, 11) is 2.14. The zero-order valence-corrected chi connectivity index (χ0v) is 11.3. The third-order valence-electron chi connectivity index (χ3n) is 4.28. The Balaban J connectivity index is 1.87. The molecule has 2 heterocycles. The minimum absolute atomic E-state index is 0.210. The van der Waals surface area contributed by atoms with Crippen LogP contribution in [0.4, 0.5) is 0 Å². The summed E-state index contributed by atoms with van der Waals surface area (Å²) < 4.78 is 0. The number of piperazine rings is 1. The van der Waals surface area contributed by atoms with Crippen LogP contribution in [0.5, 0.6) is 0 Å². The van der Waals surface area contributed by atoms with Gasteiger partial charge in [0.1, 0.15) is 0 Å². The van der Waals surface area contributed by atoms with Gasteiger partial charge >= 0.3 is 0 Å². The predicted octanol–water partition coefficient (Wildman–Crippen LogP) is 0.537. The van der Waals surface area contributed by atoms with E-state index in [-0.39, 0.29) is 5.92 Å². The Kier molecular flexibility index (Phi) is 4.05. The van der Waals surface area contributed by atoms with Crippen molar-refractivity contribution in [1.82, 2.24) is 15.1 Å². The topological polar surface area (TPSA) is 35.6 Å². The van der Waals surface area contributed by atoms with Crippen LogP contribution in [0.3, 0.4) is 0 Å². The quantitative estimate of drug-likeness (QED) is 0.725. The van der Waals surface area contributed by atoms with Crippen molar-refractivity contribution in [1.29, 1.82) is 0 Å². The highest BCUT2D eigenvalue weighted by Crippen LogP contribution is 2.18. The van der Waals surface area contributed by atoms with Gasteiger partial charge in [0.2, 0.25) is 5.91 Å². The second kappa shape index (κ2) is 5.36. The molecule has 2 aliphatic rings. The average Bonchev–Trinajstić information content (AvgIpc) is 2.33. The van der Waals surface area contributed by atoms with E-state index >= 15 is 0 Å². The molecule has 2 rings (SSSR count). The first-order valence-electron chi connectivity index (χ1n) is 6.80. The number of rotatable bonds is 1. The lowest BCUT2D eigenvalue weighted by Gasteiger charge is -2.40. The Labute approximate surface area is 104 Å². The van der Waals surface area contributed by atoms with Crippen LogP contribution in [0.1, 0.15) is 26.7 Å². The molecule has 2 aliphatic heterocycles. The van der Waals surface area contributed by atoms with Crippen molar-refractivity contribution in [3.63, 3.8) is 0 Å². The molecule has 3 atom stereocenters. The summed E-state index contributed by atoms with van der Waals surface area (Å²) in [5.74, 6) is 0.575. The minimum Gasteiger partial charge on any atom is -0.340 e. The van der Waals surface area contributed by atoms with E-state index in [1.54, 1.807) is 0 Å². The van der Waals surface area contributed by atoms with E-state index in [2.05, 4.69) is 36.0 Å². The number of nitrogens with zero attached hydrogens (tertiary/aromatic N) is 2. The highest BCUT2D eigenvalue weighted by Gasteiger charge is 2.31. The molecule has 0 radical (unpaired) electrons. The van der Waals surface area contributed by atoms with Gasteiger partial charge < -0.3 is 15.1 Å². The largest absolute Gasteiger partial charge is 0.340 e. The van der Waals surface area contributed by atoms with Gasteiger partial charge in [-0.2, -0.15) is 0 Å². The van der Waals surface area contributed by atoms with Crippen molar-refractivity contribution in [2.75, 3.05) is 33.2 Å². The molecular weight excluding hydrogens is 214 g/mol. The smallest absolute Gasteiger partial charge is 0.227 e. The van der Waals surface area contributed by atoms with Gasteiger partial charge in [-0.15, -0.1) is 0 Å². The number of carbonyl (C=O) groups is 1. The summed E-state index contributed by atoms with van der Waals surface area (Å²) >= 11 is 0. The van der Waals surface area contributed by atoms with Crippen molar-refractivity contribution in [3.05, 3.63) is 0 Å². The van der Waals surface area contributed by atoms with E-state index in [4.69, 9.17) is 0 Å². The Bertz CT molecular complexity index is 274. The summed E-state index contributed by atoms with van der Waals surface area (Å²) in [6, 6.07) is 1.06. The SMILES string of the molecule is CC1CCC(C(=O)N2CCN(C)C(C)C2)CN1. The maximum Gasteiger partial charge on any atom is 0.227 e. The zero-order valence-electron chi connectivity index (χ0n) is 11.3. The molecule has 0 bridgehead atoms. The lowest BCUT2D eigenvalue weighted by Crippen LogP contribution is -2.55. The molecule has 0 aromatic carbocycles. The van der Waals surface area contributed by atoms with Crippen LogP contribution in [-0.2, 0) is 4.79 Å². The molecule has 0 aromatic rings. The van der Waals surface area contributed by atoms with Crippen LogP contribution < -0.4 is 5.32 Å². The van der Waals surface area contributed by atoms with E-state index < -0.39 is 0 Å². The van der Waals surface area contributed by atoms with Gasteiger partial charge in [-0.3, -0.25) is 4.79 Å². The second-order valence-corrected chi connectivity index (χ2v) is 5.70. The van der Waals surface area contributed by atoms with E-state index in [1.807, 2.05) is 0 Å². The van der Waals surface area contributed by atoms with Gasteiger partial charge in [0.25, 0.3) is 0 Å². The van der Waals surface area contributed by atoms with Gasteiger partial charge in [-0.25, -0.2) is 0 Å². The molecular formula is C13H25N3O. The molecule has 98 valence electrons. The van der Waals surface area contributed by atoms with Crippen molar-refractivity contribution in [2.24, 2.45) is 5.92 Å². The number of carbonyl (C=O) groups excluding carboxylic acids is 1. The lowest BCUT2D eigenvalue weighted by atomic mass is 9.94. The van der Waals surface area contributed by atoms with Crippen LogP contribution in [0.2, 0.25) is 0 Å². The molecule has 17 heavy (non-hydrogen) atoms. The molecule has 0 aliphatic carbocycles. The first kappa shape index (κ1) is 12.8. The third-order valence-corrected chi connectivity index (χ3v) is 4.28. The minimum atomic E-state index is 0.210. The standard InChI is InChI=1S/C13H25N3O/c1-10-4-5-12(8-14-10)13(17)16-7-6-15(3)11(2)9-16/h10-12,14H,4-9H2,1-3H3. The zero-order chi connectivity index (χ0) is 12.4. The summed E-state index contributed by atoms with van der Waals surface area (Å²) in [5.41, 5.74) is 0. The summed E-state index contributed by atoms with van der Waals surface area (Å²) in [6.07, 6.45) is 2.17. The van der Waals surface area contributed by atoms with Crippen molar-refractivity contribution >= 4 is 5.91 Å². The van der Waals surface area contributed by atoms with Gasteiger partial charge in [0.15, 0.2) is 0 Å². The first-order chi connectivity index (χ1) is 8.08. The molecule has 4 nitrogen and oxygen atoms in total. The van der Waals surface area contributed by atoms with Crippen molar-refractivity contribution in [2.45, 2.75) is 38.8 Å². The molecule has 1 N–H and O–H groups in total. The first-order valence-corrected chi connectivity index (χ1v) is 6.80. The fraction of sp³-hybridized carbons (Fsp3) is 0.923. The molecule has 0 saturated carbocycles. The van der Waals surface area contributed by atoms with Crippen molar-refractivity contribution < 1.29 is 4.79 Å². The fourth-order valence-corrected chi connectivity index (χ4v) is 2.72. The lowest BCUT2D eigenvalue weighted by molar-refractivity contribution is -0.138. The Morgan fingerprint density at radius 1 is 1.24 bits per heavy atom. The summed E-state index contributed by atoms with van der Waals surface area (Å²) in [4.78, 5) is 16.8. The molecule has 4 heteroatoms. The molecule has 1 amide bonds. The normalized spacial score (nSPS) is 35.9. The highest BCUT2D eigenvalue weighted by atomic mass is 16.2. The van der Waals surface area contributed by atoms with Gasteiger partial charge in [0.05, 0.1) is 5.92 Å². The Morgan fingerprint density at radius 3 is 2.59 bits per heavy atom. The maximum atomic E-state index is 12.4. The average molecular weight is 239 g/mol. The molecule has 0 aromatic heterocycles. The number of amides is 1. The Morgan fingerprint density at radius 2 is 2.00 bits per heavy atom. The number of nitrogens with one attached hydrogen (secondary N) is 1. The monoisotopic (exact) mass is 239 g/mol. The molecule has 2 fully saturated rings. The van der Waals surface area contributed by atoms with E-state index in [1.165, 1.54) is 0 Å². The number of piperidine rings is 1. The predicted molar refractivity (Wildman–Crippen MR) is 68.9 cm³/mol. The maximum absolute atomic E-state index is 12.4. The molecule has 0 spiro atoms. The summed E-state index contributed by atoms with van der Waals surface area (Å²) in [5, 5.41) is 3.41. The van der Waals surface area contributed by atoms with Crippen LogP contribution in [0.15, 0.2) is 0 Å². The van der Waals surface area contributed by atoms with Gasteiger partial charge in [-0.05, 0) is 33.7 Å². The van der Waals surface area contributed by atoms with Gasteiger partial charge in [-0.1, -0.05) is 0 Å². The van der Waals surface area contributed by atoms with Gasteiger partial charge in [0, 0.05) is 38.3 Å². The van der Waals surface area contributed by atoms with Crippen LogP contribution in [0.25, 0.3) is 0 Å².